The Morgan fingerprint density at radius 3 is 2.88 bits per heavy atom. The first-order chi connectivity index (χ1) is 8.22. The summed E-state index contributed by atoms with van der Waals surface area (Å²) in [4.78, 5) is 10.8. The van der Waals surface area contributed by atoms with Gasteiger partial charge in [-0.15, -0.1) is 0 Å². The minimum Gasteiger partial charge on any atom is -0.481 e. The van der Waals surface area contributed by atoms with E-state index in [0.717, 1.165) is 12.8 Å². The number of hydrogen-bond donors (Lipinski definition) is 2. The molecule has 1 saturated carbocycles. The van der Waals surface area contributed by atoms with Crippen molar-refractivity contribution in [3.05, 3.63) is 29.3 Å². The van der Waals surface area contributed by atoms with Crippen LogP contribution >= 0.6 is 0 Å². The van der Waals surface area contributed by atoms with E-state index in [4.69, 9.17) is 5.11 Å². The number of hydrogen-bond acceptors (Lipinski definition) is 2. The van der Waals surface area contributed by atoms with Gasteiger partial charge in [-0.1, -0.05) is 6.07 Å². The average molecular weight is 231 g/mol. The van der Waals surface area contributed by atoms with Crippen LogP contribution in [0.2, 0.25) is 0 Å². The van der Waals surface area contributed by atoms with Gasteiger partial charge in [0, 0.05) is 11.7 Å². The second kappa shape index (κ2) is 4.06. The van der Waals surface area contributed by atoms with Gasteiger partial charge >= 0.3 is 5.97 Å². The van der Waals surface area contributed by atoms with E-state index >= 15 is 0 Å². The zero-order chi connectivity index (χ0) is 11.8. The molecule has 0 amide bonds. The lowest BCUT2D eigenvalue weighted by Crippen LogP contribution is -2.04. The largest absolute Gasteiger partial charge is 0.481 e. The summed E-state index contributed by atoms with van der Waals surface area (Å²) in [5.41, 5.74) is 3.78. The van der Waals surface area contributed by atoms with Gasteiger partial charge in [-0.25, -0.2) is 0 Å². The summed E-state index contributed by atoms with van der Waals surface area (Å²) >= 11 is 0. The SMILES string of the molecule is O=C(O)CC1CCc2cc(NC3CC3)ccc21. The van der Waals surface area contributed by atoms with E-state index in [9.17, 15) is 4.79 Å². The van der Waals surface area contributed by atoms with Gasteiger partial charge in [0.25, 0.3) is 0 Å². The van der Waals surface area contributed by atoms with Gasteiger partial charge in [0.1, 0.15) is 0 Å². The van der Waals surface area contributed by atoms with Crippen molar-refractivity contribution in [1.29, 1.82) is 0 Å². The van der Waals surface area contributed by atoms with Crippen LogP contribution in [0.3, 0.4) is 0 Å². The molecule has 0 radical (unpaired) electrons. The maximum absolute atomic E-state index is 10.8. The number of aliphatic carboxylic acids is 1. The summed E-state index contributed by atoms with van der Waals surface area (Å²) < 4.78 is 0. The minimum atomic E-state index is -0.692. The highest BCUT2D eigenvalue weighted by atomic mass is 16.4. The van der Waals surface area contributed by atoms with Crippen LogP contribution < -0.4 is 5.32 Å². The van der Waals surface area contributed by atoms with Crippen LogP contribution in [0.25, 0.3) is 0 Å². The Labute approximate surface area is 101 Å². The second-order valence-electron chi connectivity index (χ2n) is 5.17. The smallest absolute Gasteiger partial charge is 0.303 e. The number of carboxylic acids is 1. The van der Waals surface area contributed by atoms with Crippen molar-refractivity contribution in [2.24, 2.45) is 0 Å². The van der Waals surface area contributed by atoms with E-state index < -0.39 is 5.97 Å². The number of carboxylic acid groups (broad SMARTS) is 1. The predicted molar refractivity (Wildman–Crippen MR) is 66.4 cm³/mol. The van der Waals surface area contributed by atoms with Gasteiger partial charge in [0.05, 0.1) is 6.42 Å². The van der Waals surface area contributed by atoms with Gasteiger partial charge < -0.3 is 10.4 Å². The molecule has 1 fully saturated rings. The number of rotatable bonds is 4. The Morgan fingerprint density at radius 2 is 2.18 bits per heavy atom. The minimum absolute atomic E-state index is 0.220. The fourth-order valence-corrected chi connectivity index (χ4v) is 2.68. The van der Waals surface area contributed by atoms with Crippen LogP contribution in [0.1, 0.15) is 42.7 Å². The van der Waals surface area contributed by atoms with Crippen LogP contribution in [0.15, 0.2) is 18.2 Å². The first-order valence-electron chi connectivity index (χ1n) is 6.33. The summed E-state index contributed by atoms with van der Waals surface area (Å²) in [5.74, 6) is -0.472. The van der Waals surface area contributed by atoms with Crippen LogP contribution in [0.4, 0.5) is 5.69 Å². The number of anilines is 1. The summed E-state index contributed by atoms with van der Waals surface area (Å²) in [6, 6.07) is 7.08. The molecule has 3 nitrogen and oxygen atoms in total. The standard InChI is InChI=1S/C14H17NO2/c16-14(17)8-10-2-1-9-7-12(5-6-13(9)10)15-11-3-4-11/h5-7,10-11,15H,1-4,8H2,(H,16,17). The predicted octanol–water partition coefficient (Wildman–Crippen LogP) is 2.77. The molecule has 3 heteroatoms. The summed E-state index contributed by atoms with van der Waals surface area (Å²) in [6.45, 7) is 0. The van der Waals surface area contributed by atoms with Crippen molar-refractivity contribution in [3.8, 4) is 0 Å². The number of carbonyl (C=O) groups is 1. The highest BCUT2D eigenvalue weighted by molar-refractivity contribution is 5.68. The Bertz CT molecular complexity index is 452. The molecule has 2 aliphatic carbocycles. The summed E-state index contributed by atoms with van der Waals surface area (Å²) in [7, 11) is 0. The van der Waals surface area contributed by atoms with Gasteiger partial charge in [0.15, 0.2) is 0 Å². The molecule has 2 aliphatic rings. The topological polar surface area (TPSA) is 49.3 Å². The number of fused-ring (bicyclic) bond motifs is 1. The highest BCUT2D eigenvalue weighted by Gasteiger charge is 2.26. The molecule has 2 N–H and O–H groups in total. The quantitative estimate of drug-likeness (QED) is 0.837. The molecule has 0 aromatic heterocycles. The average Bonchev–Trinajstić information content (AvgIpc) is 3.00. The molecular formula is C14H17NO2. The summed E-state index contributed by atoms with van der Waals surface area (Å²) in [6.07, 6.45) is 4.82. The third-order valence-corrected chi connectivity index (χ3v) is 3.71. The van der Waals surface area contributed by atoms with Gasteiger partial charge in [0.2, 0.25) is 0 Å². The lowest BCUT2D eigenvalue weighted by Gasteiger charge is -2.10. The molecule has 3 rings (SSSR count). The fraction of sp³-hybridized carbons (Fsp3) is 0.500. The van der Waals surface area contributed by atoms with Gasteiger partial charge in [-0.3, -0.25) is 4.79 Å². The van der Waals surface area contributed by atoms with E-state index in [0.29, 0.717) is 6.04 Å². The maximum Gasteiger partial charge on any atom is 0.303 e. The van der Waals surface area contributed by atoms with Crippen molar-refractivity contribution in [1.82, 2.24) is 0 Å². The Hall–Kier alpha value is -1.51. The van der Waals surface area contributed by atoms with E-state index in [-0.39, 0.29) is 12.3 Å². The molecule has 0 heterocycles. The van der Waals surface area contributed by atoms with Gasteiger partial charge in [-0.2, -0.15) is 0 Å². The molecule has 17 heavy (non-hydrogen) atoms. The Morgan fingerprint density at radius 1 is 1.35 bits per heavy atom. The molecule has 0 aliphatic heterocycles. The number of nitrogens with one attached hydrogen (secondary N) is 1. The van der Waals surface area contributed by atoms with E-state index in [1.807, 2.05) is 0 Å². The fourth-order valence-electron chi connectivity index (χ4n) is 2.68. The normalized spacial score (nSPS) is 22.2. The molecule has 1 aromatic rings. The Kier molecular flexibility index (Phi) is 2.54. The van der Waals surface area contributed by atoms with Crippen LogP contribution in [0.5, 0.6) is 0 Å². The first-order valence-corrected chi connectivity index (χ1v) is 6.33. The maximum atomic E-state index is 10.8. The second-order valence-corrected chi connectivity index (χ2v) is 5.17. The summed E-state index contributed by atoms with van der Waals surface area (Å²) in [5, 5.41) is 12.4. The highest BCUT2D eigenvalue weighted by Crippen LogP contribution is 2.37. The third-order valence-electron chi connectivity index (χ3n) is 3.71. The van der Waals surface area contributed by atoms with E-state index in [1.165, 1.54) is 29.7 Å². The third kappa shape index (κ3) is 2.28. The van der Waals surface area contributed by atoms with Crippen LogP contribution in [-0.4, -0.2) is 17.1 Å². The molecule has 0 saturated heterocycles. The monoisotopic (exact) mass is 231 g/mol. The van der Waals surface area contributed by atoms with Crippen molar-refractivity contribution < 1.29 is 9.90 Å². The molecule has 0 spiro atoms. The first kappa shape index (κ1) is 10.6. The van der Waals surface area contributed by atoms with Crippen LogP contribution in [-0.2, 0) is 11.2 Å². The number of benzene rings is 1. The van der Waals surface area contributed by atoms with Crippen molar-refractivity contribution in [2.45, 2.75) is 44.1 Å². The van der Waals surface area contributed by atoms with E-state index in [1.54, 1.807) is 0 Å². The van der Waals surface area contributed by atoms with E-state index in [2.05, 4.69) is 23.5 Å². The van der Waals surface area contributed by atoms with Crippen molar-refractivity contribution >= 4 is 11.7 Å². The molecule has 1 atom stereocenters. The zero-order valence-corrected chi connectivity index (χ0v) is 9.78. The molecular weight excluding hydrogens is 214 g/mol. The zero-order valence-electron chi connectivity index (χ0n) is 9.78. The Balaban J connectivity index is 1.77. The molecule has 1 unspecified atom stereocenters. The number of aryl methyl sites for hydroxylation is 1. The van der Waals surface area contributed by atoms with Crippen molar-refractivity contribution in [2.75, 3.05) is 5.32 Å². The van der Waals surface area contributed by atoms with Gasteiger partial charge in [-0.05, 0) is 54.9 Å². The van der Waals surface area contributed by atoms with Crippen molar-refractivity contribution in [3.63, 3.8) is 0 Å². The molecule has 1 aromatic carbocycles. The molecule has 0 bridgehead atoms. The lowest BCUT2D eigenvalue weighted by atomic mass is 9.98. The van der Waals surface area contributed by atoms with Crippen LogP contribution in [0, 0.1) is 0 Å². The lowest BCUT2D eigenvalue weighted by molar-refractivity contribution is -0.137. The molecule has 90 valence electrons.